The van der Waals surface area contributed by atoms with Gasteiger partial charge < -0.3 is 15.1 Å². The van der Waals surface area contributed by atoms with Crippen LogP contribution in [-0.2, 0) is 26.0 Å². The maximum Gasteiger partial charge on any atom is 0.229 e. The maximum atomic E-state index is 13.5. The van der Waals surface area contributed by atoms with Crippen molar-refractivity contribution in [1.82, 2.24) is 15.1 Å². The molecule has 1 saturated carbocycles. The van der Waals surface area contributed by atoms with Crippen LogP contribution in [0.2, 0.25) is 0 Å². The van der Waals surface area contributed by atoms with E-state index >= 15 is 0 Å². The van der Waals surface area contributed by atoms with E-state index in [1.165, 1.54) is 17.6 Å². The molecule has 2 aromatic rings. The number of rotatable bonds is 9. The van der Waals surface area contributed by atoms with Gasteiger partial charge in [0.25, 0.3) is 0 Å². The summed E-state index contributed by atoms with van der Waals surface area (Å²) in [7, 11) is -3.23. The predicted octanol–water partition coefficient (Wildman–Crippen LogP) is 5.22. The number of halogens is 1. The fourth-order valence-electron chi connectivity index (χ4n) is 6.52. The molecule has 2 aliphatic heterocycles. The first kappa shape index (κ1) is 31.0. The molecule has 1 aliphatic carbocycles. The molecule has 1 atom stereocenters. The van der Waals surface area contributed by atoms with Crippen LogP contribution in [0.5, 0.6) is 0 Å². The van der Waals surface area contributed by atoms with Crippen molar-refractivity contribution in [3.05, 3.63) is 52.2 Å². The highest BCUT2D eigenvalue weighted by atomic mass is 35.5. The van der Waals surface area contributed by atoms with Crippen LogP contribution >= 0.6 is 23.7 Å². The summed E-state index contributed by atoms with van der Waals surface area (Å²) in [5.41, 5.74) is 0.686. The van der Waals surface area contributed by atoms with Crippen LogP contribution in [0.25, 0.3) is 0 Å². The first-order chi connectivity index (χ1) is 18.7. The molecule has 3 aliphatic rings. The van der Waals surface area contributed by atoms with Gasteiger partial charge in [0.05, 0.1) is 16.4 Å². The smallest absolute Gasteiger partial charge is 0.229 e. The van der Waals surface area contributed by atoms with E-state index in [0.29, 0.717) is 11.4 Å². The number of nitrogens with zero attached hydrogens (tertiary/aromatic N) is 2. The summed E-state index contributed by atoms with van der Waals surface area (Å²) >= 11 is 1.71. The van der Waals surface area contributed by atoms with Crippen molar-refractivity contribution in [3.8, 4) is 0 Å². The lowest BCUT2D eigenvalue weighted by Crippen LogP contribution is -2.45. The first-order valence-corrected chi connectivity index (χ1v) is 17.2. The number of piperidine rings is 1. The molecule has 1 spiro atoms. The summed E-state index contributed by atoms with van der Waals surface area (Å²) in [5, 5.41) is 5.46. The minimum atomic E-state index is -3.23. The van der Waals surface area contributed by atoms with Gasteiger partial charge in [0.15, 0.2) is 9.84 Å². The number of carbonyl (C=O) groups excluding carboxylic acids is 2. The van der Waals surface area contributed by atoms with Crippen LogP contribution in [-0.4, -0.2) is 62.5 Å². The summed E-state index contributed by atoms with van der Waals surface area (Å²) in [5.74, 6) is 0.615. The molecule has 7 nitrogen and oxygen atoms in total. The second kappa shape index (κ2) is 13.4. The third-order valence-electron chi connectivity index (χ3n) is 9.05. The summed E-state index contributed by atoms with van der Waals surface area (Å²) in [6, 6.07) is 11.1. The fraction of sp³-hybridized carbons (Fsp3) is 0.600. The Balaban J connectivity index is 0.00000370. The van der Waals surface area contributed by atoms with Gasteiger partial charge in [0.2, 0.25) is 11.8 Å². The number of amides is 2. The zero-order chi connectivity index (χ0) is 27.5. The predicted molar refractivity (Wildman–Crippen MR) is 161 cm³/mol. The fourth-order valence-corrected chi connectivity index (χ4v) is 7.96. The lowest BCUT2D eigenvalue weighted by atomic mass is 9.77. The molecule has 2 saturated heterocycles. The highest BCUT2D eigenvalue weighted by Gasteiger charge is 2.47. The van der Waals surface area contributed by atoms with E-state index in [1.807, 2.05) is 17.0 Å². The Hall–Kier alpha value is -1.94. The van der Waals surface area contributed by atoms with E-state index in [2.05, 4.69) is 27.7 Å². The van der Waals surface area contributed by atoms with Gasteiger partial charge in [-0.1, -0.05) is 37.5 Å². The average Bonchev–Trinajstić information content (AvgIpc) is 3.58. The molecule has 0 bridgehead atoms. The van der Waals surface area contributed by atoms with Crippen LogP contribution in [0.3, 0.4) is 0 Å². The van der Waals surface area contributed by atoms with Crippen molar-refractivity contribution in [2.24, 2.45) is 11.3 Å². The summed E-state index contributed by atoms with van der Waals surface area (Å²) < 4.78 is 23.5. The Morgan fingerprint density at radius 2 is 1.73 bits per heavy atom. The Morgan fingerprint density at radius 3 is 2.35 bits per heavy atom. The largest absolute Gasteiger partial charge is 0.348 e. The van der Waals surface area contributed by atoms with Crippen LogP contribution < -0.4 is 5.32 Å². The van der Waals surface area contributed by atoms with Gasteiger partial charge >= 0.3 is 0 Å². The quantitative estimate of drug-likeness (QED) is 0.423. The van der Waals surface area contributed by atoms with Crippen molar-refractivity contribution in [1.29, 1.82) is 0 Å². The van der Waals surface area contributed by atoms with Crippen LogP contribution in [0.1, 0.15) is 74.3 Å². The Bertz CT molecular complexity index is 1240. The highest BCUT2D eigenvalue weighted by molar-refractivity contribution is 7.90. The van der Waals surface area contributed by atoms with E-state index in [0.717, 1.165) is 83.1 Å². The van der Waals surface area contributed by atoms with E-state index in [4.69, 9.17) is 0 Å². The van der Waals surface area contributed by atoms with Gasteiger partial charge in [-0.15, -0.1) is 23.7 Å². The van der Waals surface area contributed by atoms with Crippen molar-refractivity contribution < 1.29 is 18.0 Å². The summed E-state index contributed by atoms with van der Waals surface area (Å²) in [6.45, 7) is 3.98. The zero-order valence-corrected chi connectivity index (χ0v) is 25.8. The molecule has 3 fully saturated rings. The SMILES string of the molecule is CS(=O)(=O)c1ccc(CN2CCC3(CCN(CCC(NC(=O)C4CCCCC4)c4cccs4)CC3)C2=O)cc1.Cl. The highest BCUT2D eigenvalue weighted by Crippen LogP contribution is 2.42. The summed E-state index contributed by atoms with van der Waals surface area (Å²) in [4.78, 5) is 32.4. The second-order valence-corrected chi connectivity index (χ2v) is 14.7. The number of nitrogens with one attached hydrogen (secondary N) is 1. The zero-order valence-electron chi connectivity index (χ0n) is 23.3. The third kappa shape index (κ3) is 7.27. The van der Waals surface area contributed by atoms with Crippen molar-refractivity contribution in [3.63, 3.8) is 0 Å². The van der Waals surface area contributed by atoms with Crippen molar-refractivity contribution in [2.45, 2.75) is 75.3 Å². The molecule has 5 rings (SSSR count). The number of benzene rings is 1. The second-order valence-electron chi connectivity index (χ2n) is 11.7. The Kier molecular flexibility index (Phi) is 10.4. The summed E-state index contributed by atoms with van der Waals surface area (Å²) in [6.07, 6.45) is 10.3. The van der Waals surface area contributed by atoms with Gasteiger partial charge in [-0.3, -0.25) is 9.59 Å². The number of likely N-dealkylation sites (tertiary alicyclic amines) is 2. The van der Waals surface area contributed by atoms with Crippen LogP contribution in [0.15, 0.2) is 46.7 Å². The molecular formula is C30H42ClN3O4S2. The third-order valence-corrected chi connectivity index (χ3v) is 11.2. The molecule has 2 amide bonds. The maximum absolute atomic E-state index is 13.5. The topological polar surface area (TPSA) is 86.8 Å². The molecule has 1 aromatic carbocycles. The number of hydrogen-bond acceptors (Lipinski definition) is 6. The number of sulfone groups is 1. The Morgan fingerprint density at radius 1 is 1.05 bits per heavy atom. The van der Waals surface area contributed by atoms with Crippen molar-refractivity contribution in [2.75, 3.05) is 32.4 Å². The molecule has 220 valence electrons. The lowest BCUT2D eigenvalue weighted by molar-refractivity contribution is -0.139. The molecule has 10 heteroatoms. The Labute approximate surface area is 249 Å². The number of hydrogen-bond donors (Lipinski definition) is 1. The molecule has 1 unspecified atom stereocenters. The van der Waals surface area contributed by atoms with E-state index in [9.17, 15) is 18.0 Å². The minimum Gasteiger partial charge on any atom is -0.348 e. The first-order valence-electron chi connectivity index (χ1n) is 14.4. The van der Waals surface area contributed by atoms with Crippen LogP contribution in [0, 0.1) is 11.3 Å². The molecule has 1 aromatic heterocycles. The van der Waals surface area contributed by atoms with Gasteiger partial charge in [0.1, 0.15) is 0 Å². The van der Waals surface area contributed by atoms with E-state index < -0.39 is 9.84 Å². The van der Waals surface area contributed by atoms with Gasteiger partial charge in [-0.2, -0.15) is 0 Å². The van der Waals surface area contributed by atoms with Gasteiger partial charge in [0, 0.05) is 36.7 Å². The molecule has 3 heterocycles. The van der Waals surface area contributed by atoms with Crippen LogP contribution in [0.4, 0.5) is 0 Å². The molecule has 0 radical (unpaired) electrons. The van der Waals surface area contributed by atoms with Gasteiger partial charge in [-0.25, -0.2) is 8.42 Å². The number of thiophene rings is 1. The van der Waals surface area contributed by atoms with Gasteiger partial charge in [-0.05, 0) is 80.8 Å². The molecule has 1 N–H and O–H groups in total. The lowest BCUT2D eigenvalue weighted by Gasteiger charge is -2.38. The number of carbonyl (C=O) groups is 2. The minimum absolute atomic E-state index is 0. The standard InChI is InChI=1S/C30H41N3O4S2.ClH/c1-39(36,37)25-11-9-23(10-12-25)22-33-20-16-30(29(33)35)14-18-32(19-15-30)17-13-26(27-8-5-21-38-27)31-28(34)24-6-3-2-4-7-24;/h5,8-12,21,24,26H,2-4,6-7,13-20,22H2,1H3,(H,31,34);1H. The molecule has 40 heavy (non-hydrogen) atoms. The van der Waals surface area contributed by atoms with Crippen molar-refractivity contribution >= 4 is 45.4 Å². The van der Waals surface area contributed by atoms with E-state index in [-0.39, 0.29) is 41.6 Å². The monoisotopic (exact) mass is 607 g/mol. The molecular weight excluding hydrogens is 566 g/mol. The van der Waals surface area contributed by atoms with E-state index in [1.54, 1.807) is 23.5 Å². The average molecular weight is 608 g/mol. The normalized spacial score (nSPS) is 20.8.